The monoisotopic (exact) mass is 485 g/mol. The summed E-state index contributed by atoms with van der Waals surface area (Å²) in [4.78, 5) is 18.3. The molecule has 0 atom stereocenters. The lowest BCUT2D eigenvalue weighted by Crippen LogP contribution is -2.43. The molecule has 1 saturated carbocycles. The van der Waals surface area contributed by atoms with Crippen molar-refractivity contribution in [3.05, 3.63) is 71.1 Å². The number of hydrogen-bond acceptors (Lipinski definition) is 5. The third kappa shape index (κ3) is 3.44. The molecule has 1 aliphatic heterocycles. The van der Waals surface area contributed by atoms with Crippen LogP contribution in [0.5, 0.6) is 0 Å². The molecular formula is C27H24ClN5S. The molecule has 2 aliphatic rings. The predicted molar refractivity (Wildman–Crippen MR) is 139 cm³/mol. The third-order valence-electron chi connectivity index (χ3n) is 7.36. The number of imidazole rings is 1. The smallest absolute Gasteiger partial charge is 0.146 e. The maximum Gasteiger partial charge on any atom is 0.146 e. The van der Waals surface area contributed by atoms with Crippen LogP contribution in [0, 0.1) is 5.92 Å². The first-order valence-corrected chi connectivity index (χ1v) is 13.2. The zero-order valence-corrected chi connectivity index (χ0v) is 20.3. The molecule has 7 heteroatoms. The van der Waals surface area contributed by atoms with Gasteiger partial charge in [0.15, 0.2) is 0 Å². The Kier molecular flexibility index (Phi) is 4.93. The van der Waals surface area contributed by atoms with E-state index in [4.69, 9.17) is 21.6 Å². The van der Waals surface area contributed by atoms with Gasteiger partial charge in [-0.25, -0.2) is 9.97 Å². The van der Waals surface area contributed by atoms with E-state index in [-0.39, 0.29) is 0 Å². The van der Waals surface area contributed by atoms with Crippen LogP contribution in [0.25, 0.3) is 38.4 Å². The number of rotatable bonds is 5. The zero-order valence-electron chi connectivity index (χ0n) is 18.7. The molecule has 0 unspecified atom stereocenters. The van der Waals surface area contributed by atoms with Gasteiger partial charge in [0.25, 0.3) is 0 Å². The predicted octanol–water partition coefficient (Wildman–Crippen LogP) is 6.53. The number of thiophene rings is 1. The number of likely N-dealkylation sites (tertiary alicyclic amines) is 1. The number of halogens is 1. The van der Waals surface area contributed by atoms with E-state index in [0.29, 0.717) is 10.9 Å². The molecule has 2 fully saturated rings. The fraction of sp³-hybridized carbons (Fsp3) is 0.296. The van der Waals surface area contributed by atoms with Gasteiger partial charge in [-0.2, -0.15) is 0 Å². The van der Waals surface area contributed by atoms with Crippen LogP contribution in [0.3, 0.4) is 0 Å². The first-order chi connectivity index (χ1) is 16.7. The number of fused-ring (bicyclic) bond motifs is 2. The van der Waals surface area contributed by atoms with E-state index in [1.807, 2.05) is 24.7 Å². The molecule has 1 aromatic carbocycles. The van der Waals surface area contributed by atoms with Crippen LogP contribution < -0.4 is 0 Å². The van der Waals surface area contributed by atoms with Crippen LogP contribution in [-0.2, 0) is 0 Å². The van der Waals surface area contributed by atoms with Gasteiger partial charge in [-0.1, -0.05) is 23.7 Å². The second-order valence-electron chi connectivity index (χ2n) is 9.54. The first kappa shape index (κ1) is 20.6. The molecule has 34 heavy (non-hydrogen) atoms. The van der Waals surface area contributed by atoms with Crippen molar-refractivity contribution in [3.63, 3.8) is 0 Å². The van der Waals surface area contributed by atoms with Crippen molar-refractivity contribution in [1.29, 1.82) is 0 Å². The highest BCUT2D eigenvalue weighted by atomic mass is 35.5. The number of nitrogens with zero attached hydrogens (tertiary/aromatic N) is 5. The maximum absolute atomic E-state index is 6.82. The number of hydrogen-bond donors (Lipinski definition) is 0. The summed E-state index contributed by atoms with van der Waals surface area (Å²) >= 11 is 8.52. The molecule has 5 nitrogen and oxygen atoms in total. The van der Waals surface area contributed by atoms with E-state index < -0.39 is 0 Å². The Bertz CT molecular complexity index is 1500. The van der Waals surface area contributed by atoms with E-state index in [1.54, 1.807) is 11.3 Å². The SMILES string of the molecule is Clc1cc2ccc(-c3cccs3)nc2cc1-c1nc(C2CC(CN3CCC3)C2)c2cnccn12. The second kappa shape index (κ2) is 8.15. The van der Waals surface area contributed by atoms with E-state index in [2.05, 4.69) is 50.0 Å². The van der Waals surface area contributed by atoms with Crippen LogP contribution in [0.1, 0.15) is 30.9 Å². The van der Waals surface area contributed by atoms with E-state index >= 15 is 0 Å². The molecule has 0 N–H and O–H groups in total. The van der Waals surface area contributed by atoms with Crippen molar-refractivity contribution < 1.29 is 0 Å². The Morgan fingerprint density at radius 3 is 2.79 bits per heavy atom. The highest BCUT2D eigenvalue weighted by Gasteiger charge is 2.35. The summed E-state index contributed by atoms with van der Waals surface area (Å²) in [5, 5.41) is 3.80. The standard InChI is InChI=1S/C27H24ClN5S/c28-21-13-18-4-5-22(25-3-1-10-34-25)30-23(18)14-20(21)27-31-26(24-15-29-6-9-33(24)27)19-11-17(12-19)16-32-7-2-8-32/h1,3-6,9-10,13-15,17,19H,2,7-8,11-12,16H2. The fourth-order valence-electron chi connectivity index (χ4n) is 5.36. The molecule has 1 saturated heterocycles. The zero-order chi connectivity index (χ0) is 22.6. The van der Waals surface area contributed by atoms with Gasteiger partial charge in [0.1, 0.15) is 5.82 Å². The van der Waals surface area contributed by atoms with Crippen LogP contribution >= 0.6 is 22.9 Å². The fourth-order valence-corrected chi connectivity index (χ4v) is 6.32. The lowest BCUT2D eigenvalue weighted by atomic mass is 9.72. The van der Waals surface area contributed by atoms with Crippen molar-refractivity contribution in [2.45, 2.75) is 25.2 Å². The van der Waals surface area contributed by atoms with Gasteiger partial charge in [-0.05, 0) is 67.9 Å². The molecule has 4 aromatic heterocycles. The molecular weight excluding hydrogens is 462 g/mol. The molecule has 7 rings (SSSR count). The Hall–Kier alpha value is -2.80. The minimum Gasteiger partial charge on any atom is -0.303 e. The maximum atomic E-state index is 6.82. The Morgan fingerprint density at radius 1 is 1.09 bits per heavy atom. The second-order valence-corrected chi connectivity index (χ2v) is 10.9. The van der Waals surface area contributed by atoms with Crippen LogP contribution in [0.15, 0.2) is 60.4 Å². The summed E-state index contributed by atoms with van der Waals surface area (Å²) in [6, 6.07) is 12.4. The molecule has 5 aromatic rings. The normalized spacial score (nSPS) is 20.5. The largest absolute Gasteiger partial charge is 0.303 e. The number of pyridine rings is 1. The lowest BCUT2D eigenvalue weighted by molar-refractivity contribution is 0.109. The van der Waals surface area contributed by atoms with E-state index in [9.17, 15) is 0 Å². The minimum atomic E-state index is 0.488. The van der Waals surface area contributed by atoms with Crippen molar-refractivity contribution in [2.24, 2.45) is 5.92 Å². The lowest BCUT2D eigenvalue weighted by Gasteiger charge is -2.41. The van der Waals surface area contributed by atoms with Crippen LogP contribution in [0.2, 0.25) is 5.02 Å². The summed E-state index contributed by atoms with van der Waals surface area (Å²) in [7, 11) is 0. The Morgan fingerprint density at radius 2 is 2.00 bits per heavy atom. The molecule has 1 aliphatic carbocycles. The van der Waals surface area contributed by atoms with Crippen molar-refractivity contribution >= 4 is 39.4 Å². The summed E-state index contributed by atoms with van der Waals surface area (Å²) < 4.78 is 2.14. The van der Waals surface area contributed by atoms with Crippen LogP contribution in [0.4, 0.5) is 0 Å². The summed E-state index contributed by atoms with van der Waals surface area (Å²) in [6.07, 6.45) is 9.51. The van der Waals surface area contributed by atoms with Gasteiger partial charge in [0.05, 0.1) is 38.5 Å². The number of aromatic nitrogens is 4. The van der Waals surface area contributed by atoms with Crippen molar-refractivity contribution in [2.75, 3.05) is 19.6 Å². The third-order valence-corrected chi connectivity index (χ3v) is 8.56. The van der Waals surface area contributed by atoms with E-state index in [1.165, 1.54) is 38.9 Å². The minimum absolute atomic E-state index is 0.488. The first-order valence-electron chi connectivity index (χ1n) is 11.9. The Balaban J connectivity index is 1.28. The topological polar surface area (TPSA) is 46.3 Å². The molecule has 5 heterocycles. The van der Waals surface area contributed by atoms with Gasteiger partial charge in [-0.15, -0.1) is 11.3 Å². The van der Waals surface area contributed by atoms with Gasteiger partial charge >= 0.3 is 0 Å². The molecule has 0 amide bonds. The molecule has 170 valence electrons. The highest BCUT2D eigenvalue weighted by Crippen LogP contribution is 2.44. The van der Waals surface area contributed by atoms with E-state index in [0.717, 1.165) is 50.0 Å². The van der Waals surface area contributed by atoms with Crippen LogP contribution in [-0.4, -0.2) is 43.9 Å². The van der Waals surface area contributed by atoms with Gasteiger partial charge < -0.3 is 4.90 Å². The average molecular weight is 486 g/mol. The van der Waals surface area contributed by atoms with Crippen molar-refractivity contribution in [1.82, 2.24) is 24.3 Å². The van der Waals surface area contributed by atoms with Gasteiger partial charge in [-0.3, -0.25) is 9.38 Å². The highest BCUT2D eigenvalue weighted by molar-refractivity contribution is 7.13. The summed E-state index contributed by atoms with van der Waals surface area (Å²) in [6.45, 7) is 3.78. The number of benzene rings is 1. The molecule has 0 radical (unpaired) electrons. The molecule has 0 bridgehead atoms. The molecule has 0 spiro atoms. The summed E-state index contributed by atoms with van der Waals surface area (Å²) in [5.74, 6) is 2.14. The quantitative estimate of drug-likeness (QED) is 0.284. The van der Waals surface area contributed by atoms with Gasteiger partial charge in [0.2, 0.25) is 0 Å². The average Bonchev–Trinajstić information content (AvgIpc) is 3.45. The Labute approximate surface area is 207 Å². The van der Waals surface area contributed by atoms with Crippen molar-refractivity contribution in [3.8, 4) is 22.0 Å². The van der Waals surface area contributed by atoms with Gasteiger partial charge in [0, 0.05) is 35.8 Å². The summed E-state index contributed by atoms with van der Waals surface area (Å²) in [5.41, 5.74) is 5.06.